The Morgan fingerprint density at radius 3 is 2.41 bits per heavy atom. The third kappa shape index (κ3) is 3.93. The Labute approximate surface area is 106 Å². The third-order valence-corrected chi connectivity index (χ3v) is 5.68. The lowest BCUT2D eigenvalue weighted by atomic mass is 9.93. The molecule has 1 saturated heterocycles. The first kappa shape index (κ1) is 14.9. The summed E-state index contributed by atoms with van der Waals surface area (Å²) in [6.45, 7) is 9.01. The molecular weight excluding hydrogens is 236 g/mol. The summed E-state index contributed by atoms with van der Waals surface area (Å²) in [6.07, 6.45) is 2.02. The molecule has 1 aliphatic rings. The first-order chi connectivity index (χ1) is 7.67. The Morgan fingerprint density at radius 2 is 1.94 bits per heavy atom. The van der Waals surface area contributed by atoms with Crippen molar-refractivity contribution in [2.24, 2.45) is 17.1 Å². The minimum Gasteiger partial charge on any atom is -0.329 e. The van der Waals surface area contributed by atoms with Gasteiger partial charge in [0.1, 0.15) is 0 Å². The van der Waals surface area contributed by atoms with Gasteiger partial charge in [0.2, 0.25) is 10.0 Å². The van der Waals surface area contributed by atoms with Gasteiger partial charge in [-0.3, -0.25) is 0 Å². The second-order valence-corrected chi connectivity index (χ2v) is 8.27. The van der Waals surface area contributed by atoms with E-state index >= 15 is 0 Å². The lowest BCUT2D eigenvalue weighted by Gasteiger charge is -2.39. The molecule has 0 radical (unpaired) electrons. The Balaban J connectivity index is 2.89. The number of hydrogen-bond acceptors (Lipinski definition) is 3. The zero-order chi connectivity index (χ0) is 13.3. The van der Waals surface area contributed by atoms with E-state index in [4.69, 9.17) is 5.73 Å². The lowest BCUT2D eigenvalue weighted by molar-refractivity contribution is 0.190. The van der Waals surface area contributed by atoms with Gasteiger partial charge in [0.15, 0.2) is 0 Å². The molecule has 0 aliphatic carbocycles. The molecule has 2 atom stereocenters. The highest BCUT2D eigenvalue weighted by Gasteiger charge is 2.37. The van der Waals surface area contributed by atoms with Crippen LogP contribution in [0.3, 0.4) is 0 Å². The summed E-state index contributed by atoms with van der Waals surface area (Å²) >= 11 is 0. The molecule has 0 aromatic carbocycles. The average Bonchev–Trinajstić information content (AvgIpc) is 2.13. The van der Waals surface area contributed by atoms with Crippen LogP contribution < -0.4 is 5.73 Å². The van der Waals surface area contributed by atoms with Gasteiger partial charge in [-0.05, 0) is 24.2 Å². The van der Waals surface area contributed by atoms with E-state index in [2.05, 4.69) is 6.92 Å². The zero-order valence-electron chi connectivity index (χ0n) is 11.4. The van der Waals surface area contributed by atoms with Crippen molar-refractivity contribution in [3.05, 3.63) is 0 Å². The minimum absolute atomic E-state index is 0.0175. The number of nitrogens with two attached hydrogens (primary N) is 1. The summed E-state index contributed by atoms with van der Waals surface area (Å²) in [7, 11) is -3.18. The molecule has 5 heteroatoms. The minimum atomic E-state index is -3.18. The van der Waals surface area contributed by atoms with Crippen LogP contribution in [0, 0.1) is 11.3 Å². The summed E-state index contributed by atoms with van der Waals surface area (Å²) in [5, 5.41) is 0. The second-order valence-electron chi connectivity index (χ2n) is 6.35. The van der Waals surface area contributed by atoms with Crippen molar-refractivity contribution in [1.82, 2.24) is 4.31 Å². The van der Waals surface area contributed by atoms with Crippen LogP contribution in [-0.2, 0) is 10.0 Å². The molecule has 102 valence electrons. The van der Waals surface area contributed by atoms with Gasteiger partial charge in [-0.1, -0.05) is 27.7 Å². The first-order valence-corrected chi connectivity index (χ1v) is 7.98. The standard InChI is InChI=1S/C12H26N2O2S/c1-10-6-5-7-14(11(10)8-13)17(15,16)9-12(2,3)4/h10-11H,5-9,13H2,1-4H3. The number of hydrogen-bond donors (Lipinski definition) is 1. The molecule has 1 aliphatic heterocycles. The first-order valence-electron chi connectivity index (χ1n) is 6.37. The van der Waals surface area contributed by atoms with Crippen molar-refractivity contribution in [2.75, 3.05) is 18.8 Å². The molecule has 0 aromatic rings. The van der Waals surface area contributed by atoms with Gasteiger partial charge in [0.25, 0.3) is 0 Å². The van der Waals surface area contributed by atoms with Crippen molar-refractivity contribution in [3.8, 4) is 0 Å². The maximum Gasteiger partial charge on any atom is 0.214 e. The molecule has 17 heavy (non-hydrogen) atoms. The van der Waals surface area contributed by atoms with Crippen molar-refractivity contribution >= 4 is 10.0 Å². The predicted octanol–water partition coefficient (Wildman–Crippen LogP) is 1.42. The smallest absolute Gasteiger partial charge is 0.214 e. The fraction of sp³-hybridized carbons (Fsp3) is 1.00. The van der Waals surface area contributed by atoms with Gasteiger partial charge in [-0.2, -0.15) is 4.31 Å². The summed E-state index contributed by atoms with van der Waals surface area (Å²) in [6, 6.07) is -0.0175. The third-order valence-electron chi connectivity index (χ3n) is 3.28. The van der Waals surface area contributed by atoms with E-state index < -0.39 is 10.0 Å². The monoisotopic (exact) mass is 262 g/mol. The fourth-order valence-electron chi connectivity index (χ4n) is 2.54. The number of piperidine rings is 1. The highest BCUT2D eigenvalue weighted by atomic mass is 32.2. The molecule has 1 heterocycles. The predicted molar refractivity (Wildman–Crippen MR) is 71.2 cm³/mol. The van der Waals surface area contributed by atoms with E-state index in [0.29, 0.717) is 19.0 Å². The molecule has 0 saturated carbocycles. The molecule has 0 amide bonds. The zero-order valence-corrected chi connectivity index (χ0v) is 12.3. The lowest BCUT2D eigenvalue weighted by Crippen LogP contribution is -2.52. The van der Waals surface area contributed by atoms with E-state index in [1.54, 1.807) is 4.31 Å². The van der Waals surface area contributed by atoms with Crippen molar-refractivity contribution in [1.29, 1.82) is 0 Å². The summed E-state index contributed by atoms with van der Waals surface area (Å²) in [5.74, 6) is 0.562. The maximum absolute atomic E-state index is 12.4. The molecule has 2 unspecified atom stereocenters. The number of nitrogens with zero attached hydrogens (tertiary/aromatic N) is 1. The van der Waals surface area contributed by atoms with Crippen LogP contribution in [0.2, 0.25) is 0 Å². The van der Waals surface area contributed by atoms with E-state index in [1.807, 2.05) is 20.8 Å². The van der Waals surface area contributed by atoms with E-state index in [0.717, 1.165) is 12.8 Å². The number of sulfonamides is 1. The SMILES string of the molecule is CC1CCCN(S(=O)(=O)CC(C)(C)C)C1CN. The van der Waals surface area contributed by atoms with Gasteiger partial charge < -0.3 is 5.73 Å². The molecule has 4 nitrogen and oxygen atoms in total. The van der Waals surface area contributed by atoms with Crippen LogP contribution >= 0.6 is 0 Å². The Hall–Kier alpha value is -0.130. The molecule has 1 rings (SSSR count). The molecule has 1 fully saturated rings. The largest absolute Gasteiger partial charge is 0.329 e. The Bertz CT molecular complexity index is 346. The quantitative estimate of drug-likeness (QED) is 0.836. The van der Waals surface area contributed by atoms with Crippen LogP contribution in [0.5, 0.6) is 0 Å². The average molecular weight is 262 g/mol. The van der Waals surface area contributed by atoms with E-state index in [9.17, 15) is 8.42 Å². The van der Waals surface area contributed by atoms with Gasteiger partial charge in [0.05, 0.1) is 5.75 Å². The van der Waals surface area contributed by atoms with Gasteiger partial charge >= 0.3 is 0 Å². The molecule has 0 aromatic heterocycles. The summed E-state index contributed by atoms with van der Waals surface area (Å²) < 4.78 is 26.4. The highest BCUT2D eigenvalue weighted by molar-refractivity contribution is 7.89. The van der Waals surface area contributed by atoms with E-state index in [-0.39, 0.29) is 17.2 Å². The fourth-order valence-corrected chi connectivity index (χ4v) is 4.91. The second kappa shape index (κ2) is 5.24. The van der Waals surface area contributed by atoms with Crippen molar-refractivity contribution < 1.29 is 8.42 Å². The maximum atomic E-state index is 12.4. The van der Waals surface area contributed by atoms with Gasteiger partial charge in [-0.15, -0.1) is 0 Å². The summed E-state index contributed by atoms with van der Waals surface area (Å²) in [5.41, 5.74) is 5.53. The van der Waals surface area contributed by atoms with Gasteiger partial charge in [0, 0.05) is 19.1 Å². The van der Waals surface area contributed by atoms with Crippen molar-refractivity contribution in [2.45, 2.75) is 46.6 Å². The van der Waals surface area contributed by atoms with Crippen LogP contribution in [-0.4, -0.2) is 37.6 Å². The van der Waals surface area contributed by atoms with Crippen LogP contribution in [0.25, 0.3) is 0 Å². The number of rotatable bonds is 3. The normalized spacial score (nSPS) is 28.3. The van der Waals surface area contributed by atoms with E-state index in [1.165, 1.54) is 0 Å². The van der Waals surface area contributed by atoms with Crippen LogP contribution in [0.1, 0.15) is 40.5 Å². The van der Waals surface area contributed by atoms with Crippen molar-refractivity contribution in [3.63, 3.8) is 0 Å². The Kier molecular flexibility index (Phi) is 4.60. The van der Waals surface area contributed by atoms with Gasteiger partial charge in [-0.25, -0.2) is 8.42 Å². The molecule has 0 spiro atoms. The molecule has 0 bridgehead atoms. The van der Waals surface area contributed by atoms with Crippen LogP contribution in [0.15, 0.2) is 0 Å². The van der Waals surface area contributed by atoms with Crippen LogP contribution in [0.4, 0.5) is 0 Å². The topological polar surface area (TPSA) is 63.4 Å². The Morgan fingerprint density at radius 1 is 1.35 bits per heavy atom. The highest BCUT2D eigenvalue weighted by Crippen LogP contribution is 2.28. The summed E-state index contributed by atoms with van der Waals surface area (Å²) in [4.78, 5) is 0. The molecular formula is C12H26N2O2S. The molecule has 2 N–H and O–H groups in total.